The van der Waals surface area contributed by atoms with E-state index >= 15 is 0 Å². The molecule has 0 amide bonds. The highest BCUT2D eigenvalue weighted by Crippen LogP contribution is 2.29. The molecule has 0 fully saturated rings. The van der Waals surface area contributed by atoms with Crippen molar-refractivity contribution < 1.29 is 33.3 Å². The second-order valence-corrected chi connectivity index (χ2v) is 15.3. The Bertz CT molecular complexity index is 1110. The molecule has 1 aliphatic rings. The molecule has 2 rings (SSSR count). The van der Waals surface area contributed by atoms with E-state index in [1.807, 2.05) is 30.3 Å². The van der Waals surface area contributed by atoms with Gasteiger partial charge in [0.05, 0.1) is 5.57 Å². The first-order chi connectivity index (χ1) is 26.0. The second kappa shape index (κ2) is 31.5. The van der Waals surface area contributed by atoms with Crippen LogP contribution in [0.1, 0.15) is 206 Å². The van der Waals surface area contributed by atoms with Crippen LogP contribution in [0.15, 0.2) is 41.7 Å². The summed E-state index contributed by atoms with van der Waals surface area (Å²) in [5.41, 5.74) is 1.27. The Hall–Kier alpha value is -2.83. The fourth-order valence-corrected chi connectivity index (χ4v) is 6.97. The van der Waals surface area contributed by atoms with Gasteiger partial charge in [-0.15, -0.1) is 0 Å². The number of rotatable bonds is 35. The zero-order valence-electron chi connectivity index (χ0n) is 34.1. The lowest BCUT2D eigenvalue weighted by atomic mass is 10.0. The number of carbonyl (C=O) groups excluding carboxylic acids is 3. The van der Waals surface area contributed by atoms with Crippen LogP contribution in [0.2, 0.25) is 0 Å². The van der Waals surface area contributed by atoms with Gasteiger partial charge in [0.2, 0.25) is 0 Å². The smallest absolute Gasteiger partial charge is 0.338 e. The maximum Gasteiger partial charge on any atom is 0.338 e. The van der Waals surface area contributed by atoms with E-state index < -0.39 is 18.2 Å². The molecule has 1 aromatic carbocycles. The third-order valence-electron chi connectivity index (χ3n) is 10.4. The Kier molecular flexibility index (Phi) is 27.5. The average Bonchev–Trinajstić information content (AvgIpc) is 3.45. The molecule has 2 atom stereocenters. The van der Waals surface area contributed by atoms with Gasteiger partial charge in [0.15, 0.2) is 18.0 Å². The molecule has 1 aliphatic heterocycles. The predicted molar refractivity (Wildman–Crippen MR) is 215 cm³/mol. The molecule has 0 saturated carbocycles. The third-order valence-corrected chi connectivity index (χ3v) is 10.4. The minimum absolute atomic E-state index is 0.189. The minimum atomic E-state index is -0.979. The zero-order chi connectivity index (χ0) is 38.2. The number of benzene rings is 1. The van der Waals surface area contributed by atoms with Crippen LogP contribution < -0.4 is 0 Å². The van der Waals surface area contributed by atoms with Crippen LogP contribution in [0.25, 0.3) is 0 Å². The van der Waals surface area contributed by atoms with Crippen LogP contribution in [0.4, 0.5) is 0 Å². The van der Waals surface area contributed by atoms with E-state index in [2.05, 4.69) is 13.8 Å². The molecule has 1 aromatic rings. The maximum absolute atomic E-state index is 13.1. The Morgan fingerprint density at radius 2 is 1.02 bits per heavy atom. The van der Waals surface area contributed by atoms with Crippen LogP contribution in [0.3, 0.4) is 0 Å². The number of ether oxygens (including phenoxy) is 4. The van der Waals surface area contributed by atoms with Gasteiger partial charge in [0, 0.05) is 12.8 Å². The molecule has 0 aromatic heterocycles. The first kappa shape index (κ1) is 46.3. The molecule has 0 bridgehead atoms. The van der Waals surface area contributed by atoms with Crippen molar-refractivity contribution in [2.45, 2.75) is 219 Å². The number of cyclic esters (lactones) is 1. The van der Waals surface area contributed by atoms with Crippen molar-refractivity contribution in [1.29, 1.82) is 0 Å². The fourth-order valence-electron chi connectivity index (χ4n) is 6.97. The van der Waals surface area contributed by atoms with Crippen LogP contribution in [-0.2, 0) is 39.9 Å². The van der Waals surface area contributed by atoms with E-state index in [9.17, 15) is 14.4 Å². The SMILES string of the molecule is CCCCCCCCCCCCCCCC(=O)OC[C@H](OC(=O)CCCCCCCCCCCCCCC)[C@H]1OC(=O)C(C)=C1OCc1ccccc1. The lowest BCUT2D eigenvalue weighted by molar-refractivity contribution is -0.171. The Morgan fingerprint density at radius 3 is 1.47 bits per heavy atom. The number of esters is 3. The zero-order valence-corrected chi connectivity index (χ0v) is 34.1. The molecule has 0 radical (unpaired) electrons. The average molecular weight is 741 g/mol. The quantitative estimate of drug-likeness (QED) is 0.0389. The van der Waals surface area contributed by atoms with Crippen molar-refractivity contribution >= 4 is 17.9 Å². The number of unbranched alkanes of at least 4 members (excludes halogenated alkanes) is 24. The summed E-state index contributed by atoms with van der Waals surface area (Å²) in [4.78, 5) is 38.5. The summed E-state index contributed by atoms with van der Waals surface area (Å²) < 4.78 is 23.3. The highest BCUT2D eigenvalue weighted by Gasteiger charge is 2.42. The highest BCUT2D eigenvalue weighted by molar-refractivity contribution is 5.91. The van der Waals surface area contributed by atoms with Gasteiger partial charge in [0.25, 0.3) is 0 Å². The van der Waals surface area contributed by atoms with E-state index in [0.29, 0.717) is 17.8 Å². The van der Waals surface area contributed by atoms with Crippen molar-refractivity contribution in [3.63, 3.8) is 0 Å². The first-order valence-corrected chi connectivity index (χ1v) is 21.9. The van der Waals surface area contributed by atoms with Gasteiger partial charge >= 0.3 is 17.9 Å². The molecule has 302 valence electrons. The van der Waals surface area contributed by atoms with Crippen LogP contribution in [0, 0.1) is 0 Å². The lowest BCUT2D eigenvalue weighted by Crippen LogP contribution is -2.38. The molecule has 1 heterocycles. The molecule has 0 N–H and O–H groups in total. The number of carbonyl (C=O) groups is 3. The number of hydrogen-bond acceptors (Lipinski definition) is 7. The minimum Gasteiger partial charge on any atom is -0.489 e. The van der Waals surface area contributed by atoms with Crippen molar-refractivity contribution in [3.05, 3.63) is 47.2 Å². The Balaban J connectivity index is 1.75. The van der Waals surface area contributed by atoms with Gasteiger partial charge < -0.3 is 18.9 Å². The van der Waals surface area contributed by atoms with Gasteiger partial charge in [-0.3, -0.25) is 9.59 Å². The van der Waals surface area contributed by atoms with Gasteiger partial charge in [-0.25, -0.2) is 4.79 Å². The summed E-state index contributed by atoms with van der Waals surface area (Å²) in [6, 6.07) is 9.65. The molecule has 53 heavy (non-hydrogen) atoms. The summed E-state index contributed by atoms with van der Waals surface area (Å²) in [5.74, 6) is -0.907. The monoisotopic (exact) mass is 741 g/mol. The van der Waals surface area contributed by atoms with Gasteiger partial charge in [-0.2, -0.15) is 0 Å². The topological polar surface area (TPSA) is 88.1 Å². The van der Waals surface area contributed by atoms with E-state index in [1.165, 1.54) is 128 Å². The van der Waals surface area contributed by atoms with Crippen molar-refractivity contribution in [3.8, 4) is 0 Å². The van der Waals surface area contributed by atoms with Crippen molar-refractivity contribution in [1.82, 2.24) is 0 Å². The molecule has 0 saturated heterocycles. The van der Waals surface area contributed by atoms with Crippen LogP contribution >= 0.6 is 0 Å². The van der Waals surface area contributed by atoms with Crippen molar-refractivity contribution in [2.24, 2.45) is 0 Å². The Morgan fingerprint density at radius 1 is 0.604 bits per heavy atom. The van der Waals surface area contributed by atoms with Gasteiger partial charge in [-0.1, -0.05) is 198 Å². The summed E-state index contributed by atoms with van der Waals surface area (Å²) in [6.45, 7) is 6.21. The van der Waals surface area contributed by atoms with E-state index in [1.54, 1.807) is 6.92 Å². The van der Waals surface area contributed by atoms with Crippen LogP contribution in [-0.4, -0.2) is 36.7 Å². The fraction of sp³-hybridized carbons (Fsp3) is 0.761. The van der Waals surface area contributed by atoms with E-state index in [-0.39, 0.29) is 31.6 Å². The maximum atomic E-state index is 13.1. The Labute approximate surface area is 323 Å². The summed E-state index contributed by atoms with van der Waals surface area (Å²) >= 11 is 0. The van der Waals surface area contributed by atoms with Gasteiger partial charge in [-0.05, 0) is 25.3 Å². The summed E-state index contributed by atoms with van der Waals surface area (Å²) in [6.07, 6.45) is 30.7. The van der Waals surface area contributed by atoms with Crippen LogP contribution in [0.5, 0.6) is 0 Å². The first-order valence-electron chi connectivity index (χ1n) is 21.9. The van der Waals surface area contributed by atoms with Crippen molar-refractivity contribution in [2.75, 3.05) is 6.61 Å². The molecule has 0 unspecified atom stereocenters. The molecular formula is C46H76O7. The molecule has 7 nitrogen and oxygen atoms in total. The number of hydrogen-bond donors (Lipinski definition) is 0. The standard InChI is InChI=1S/C46H76O7/c1-4-6-8-10-12-14-16-18-20-22-24-26-31-35-42(47)50-38-41(45-44(39(3)46(49)53-45)51-37-40-33-29-28-30-34-40)52-43(48)36-32-27-25-23-21-19-17-15-13-11-9-7-5-2/h28-30,33-34,41,45H,4-27,31-32,35-38H2,1-3H3/t41-,45+/m0/s1. The molecule has 7 heteroatoms. The largest absolute Gasteiger partial charge is 0.489 e. The normalized spacial score (nSPS) is 14.7. The summed E-state index contributed by atoms with van der Waals surface area (Å²) in [7, 11) is 0. The second-order valence-electron chi connectivity index (χ2n) is 15.3. The highest BCUT2D eigenvalue weighted by atomic mass is 16.6. The molecule has 0 aliphatic carbocycles. The van der Waals surface area contributed by atoms with E-state index in [4.69, 9.17) is 18.9 Å². The lowest BCUT2D eigenvalue weighted by Gasteiger charge is -2.25. The van der Waals surface area contributed by atoms with E-state index in [0.717, 1.165) is 44.1 Å². The molecule has 0 spiro atoms. The predicted octanol–water partition coefficient (Wildman–Crippen LogP) is 12.8. The van der Waals surface area contributed by atoms with Gasteiger partial charge in [0.1, 0.15) is 13.2 Å². The third kappa shape index (κ3) is 22.9. The molecular weight excluding hydrogens is 664 g/mol. The summed E-state index contributed by atoms with van der Waals surface area (Å²) in [5, 5.41) is 0.